The second-order valence-electron chi connectivity index (χ2n) is 6.59. The van der Waals surface area contributed by atoms with E-state index >= 15 is 0 Å². The number of hydrogen-bond acceptors (Lipinski definition) is 4. The Balaban J connectivity index is 1.62. The number of amides is 1. The zero-order valence-corrected chi connectivity index (χ0v) is 13.3. The fourth-order valence-corrected chi connectivity index (χ4v) is 3.84. The lowest BCUT2D eigenvalue weighted by atomic mass is 9.96. The molecule has 0 unspecified atom stereocenters. The molecule has 2 aliphatic carbocycles. The number of furan rings is 1. The summed E-state index contributed by atoms with van der Waals surface area (Å²) in [5.41, 5.74) is 1.56. The molecule has 5 nitrogen and oxygen atoms in total. The topological polar surface area (TPSA) is 59.5 Å². The summed E-state index contributed by atoms with van der Waals surface area (Å²) in [4.78, 5) is 15.1. The highest BCUT2D eigenvalue weighted by Crippen LogP contribution is 2.29. The first-order valence-electron chi connectivity index (χ1n) is 8.63. The molecule has 122 valence electrons. The summed E-state index contributed by atoms with van der Waals surface area (Å²) in [6.45, 7) is 0.512. The summed E-state index contributed by atoms with van der Waals surface area (Å²) in [6, 6.07) is 4.07. The van der Waals surface area contributed by atoms with E-state index in [1.54, 1.807) is 6.26 Å². The van der Waals surface area contributed by atoms with E-state index in [-0.39, 0.29) is 11.9 Å². The van der Waals surface area contributed by atoms with E-state index in [1.165, 1.54) is 12.8 Å². The normalized spacial score (nSPS) is 18.1. The Labute approximate surface area is 135 Å². The lowest BCUT2D eigenvalue weighted by molar-refractivity contribution is 0.0637. The Morgan fingerprint density at radius 2 is 2.04 bits per heavy atom. The summed E-state index contributed by atoms with van der Waals surface area (Å²) >= 11 is 0. The van der Waals surface area contributed by atoms with Crippen molar-refractivity contribution in [2.45, 2.75) is 64.0 Å². The molecule has 1 saturated carbocycles. The maximum atomic E-state index is 13.2. The summed E-state index contributed by atoms with van der Waals surface area (Å²) in [5, 5.41) is 4.12. The fraction of sp³-hybridized carbons (Fsp3) is 0.556. The lowest BCUT2D eigenvalue weighted by Crippen LogP contribution is -2.38. The smallest absolute Gasteiger partial charge is 0.276 e. The Morgan fingerprint density at radius 3 is 2.83 bits per heavy atom. The van der Waals surface area contributed by atoms with Crippen LogP contribution in [0.15, 0.2) is 27.3 Å². The second kappa shape index (κ2) is 6.22. The predicted molar refractivity (Wildman–Crippen MR) is 84.0 cm³/mol. The van der Waals surface area contributed by atoms with Crippen LogP contribution in [0.4, 0.5) is 0 Å². The molecule has 0 aliphatic heterocycles. The molecule has 0 saturated heterocycles. The van der Waals surface area contributed by atoms with Gasteiger partial charge in [0.2, 0.25) is 0 Å². The van der Waals surface area contributed by atoms with E-state index in [2.05, 4.69) is 5.16 Å². The molecule has 0 spiro atoms. The van der Waals surface area contributed by atoms with Crippen molar-refractivity contribution >= 4 is 5.91 Å². The van der Waals surface area contributed by atoms with Gasteiger partial charge < -0.3 is 13.8 Å². The number of nitrogens with zero attached hydrogens (tertiary/aromatic N) is 2. The molecule has 1 amide bonds. The van der Waals surface area contributed by atoms with Gasteiger partial charge in [-0.2, -0.15) is 0 Å². The molecule has 4 rings (SSSR count). The van der Waals surface area contributed by atoms with Gasteiger partial charge in [-0.3, -0.25) is 4.79 Å². The van der Waals surface area contributed by atoms with Crippen LogP contribution >= 0.6 is 0 Å². The van der Waals surface area contributed by atoms with Gasteiger partial charge in [0.1, 0.15) is 11.5 Å². The van der Waals surface area contributed by atoms with Crippen molar-refractivity contribution in [3.8, 4) is 0 Å². The molecule has 1 fully saturated rings. The van der Waals surface area contributed by atoms with Crippen molar-refractivity contribution in [3.05, 3.63) is 41.2 Å². The average Bonchev–Trinajstić information content (AvgIpc) is 3.32. The van der Waals surface area contributed by atoms with Crippen molar-refractivity contribution in [1.82, 2.24) is 10.1 Å². The first-order valence-corrected chi connectivity index (χ1v) is 8.63. The number of carbonyl (C=O) groups is 1. The third-order valence-corrected chi connectivity index (χ3v) is 5.09. The minimum atomic E-state index is 0.000185. The Bertz CT molecular complexity index is 669. The summed E-state index contributed by atoms with van der Waals surface area (Å²) in [6.07, 6.45) is 10.2. The molecule has 0 aromatic carbocycles. The largest absolute Gasteiger partial charge is 0.467 e. The molecular formula is C18H22N2O3. The Morgan fingerprint density at radius 1 is 1.22 bits per heavy atom. The average molecular weight is 314 g/mol. The Hall–Kier alpha value is -2.04. The zero-order chi connectivity index (χ0) is 15.6. The number of aryl methyl sites for hydroxylation is 1. The summed E-state index contributed by atoms with van der Waals surface area (Å²) in [7, 11) is 0. The van der Waals surface area contributed by atoms with Gasteiger partial charge in [0.15, 0.2) is 5.69 Å². The van der Waals surface area contributed by atoms with E-state index < -0.39 is 0 Å². The highest BCUT2D eigenvalue weighted by atomic mass is 16.5. The van der Waals surface area contributed by atoms with E-state index in [1.807, 2.05) is 17.0 Å². The van der Waals surface area contributed by atoms with Crippen LogP contribution in [-0.2, 0) is 19.4 Å². The Kier molecular flexibility index (Phi) is 3.93. The summed E-state index contributed by atoms with van der Waals surface area (Å²) in [5.74, 6) is 1.73. The standard InChI is InChI=1S/C18H22N2O3/c21-18(17-15-9-3-4-10-16(15)23-19-17)20(13-6-1-2-7-13)12-14-8-5-11-22-14/h5,8,11,13H,1-4,6-7,9-10,12H2. The fourth-order valence-electron chi connectivity index (χ4n) is 3.84. The van der Waals surface area contributed by atoms with Gasteiger partial charge in [-0.15, -0.1) is 0 Å². The molecule has 5 heteroatoms. The first-order chi connectivity index (χ1) is 11.3. The van der Waals surface area contributed by atoms with Crippen molar-refractivity contribution in [1.29, 1.82) is 0 Å². The van der Waals surface area contributed by atoms with Gasteiger partial charge in [0, 0.05) is 18.0 Å². The maximum Gasteiger partial charge on any atom is 0.276 e. The molecule has 23 heavy (non-hydrogen) atoms. The minimum absolute atomic E-state index is 0.000185. The van der Waals surface area contributed by atoms with Gasteiger partial charge in [-0.1, -0.05) is 18.0 Å². The van der Waals surface area contributed by atoms with Crippen LogP contribution in [0.2, 0.25) is 0 Å². The second-order valence-corrected chi connectivity index (χ2v) is 6.59. The van der Waals surface area contributed by atoms with Crippen LogP contribution < -0.4 is 0 Å². The third-order valence-electron chi connectivity index (χ3n) is 5.09. The van der Waals surface area contributed by atoms with Crippen LogP contribution in [0, 0.1) is 0 Å². The van der Waals surface area contributed by atoms with E-state index in [4.69, 9.17) is 8.94 Å². The molecule has 2 heterocycles. The van der Waals surface area contributed by atoms with Crippen LogP contribution in [0.5, 0.6) is 0 Å². The quantitative estimate of drug-likeness (QED) is 0.862. The van der Waals surface area contributed by atoms with Crippen LogP contribution in [0.25, 0.3) is 0 Å². The zero-order valence-electron chi connectivity index (χ0n) is 13.3. The molecular weight excluding hydrogens is 292 g/mol. The number of carbonyl (C=O) groups excluding carboxylic acids is 1. The van der Waals surface area contributed by atoms with Crippen molar-refractivity contribution in [2.24, 2.45) is 0 Å². The molecule has 0 radical (unpaired) electrons. The predicted octanol–water partition coefficient (Wildman–Crippen LogP) is 3.73. The van der Waals surface area contributed by atoms with E-state index in [9.17, 15) is 4.79 Å². The number of rotatable bonds is 4. The lowest BCUT2D eigenvalue weighted by Gasteiger charge is -2.27. The third kappa shape index (κ3) is 2.80. The van der Waals surface area contributed by atoms with Gasteiger partial charge in [0.05, 0.1) is 12.8 Å². The SMILES string of the molecule is O=C(c1noc2c1CCCC2)N(Cc1ccco1)C1CCCC1. The van der Waals surface area contributed by atoms with Crippen LogP contribution in [0.1, 0.15) is 66.1 Å². The van der Waals surface area contributed by atoms with E-state index in [0.29, 0.717) is 12.2 Å². The minimum Gasteiger partial charge on any atom is -0.467 e. The number of hydrogen-bond donors (Lipinski definition) is 0. The molecule has 2 aromatic rings. The van der Waals surface area contributed by atoms with Gasteiger partial charge in [0.25, 0.3) is 5.91 Å². The molecule has 2 aromatic heterocycles. The van der Waals surface area contributed by atoms with Crippen molar-refractivity contribution in [3.63, 3.8) is 0 Å². The molecule has 2 aliphatic rings. The monoisotopic (exact) mass is 314 g/mol. The van der Waals surface area contributed by atoms with Crippen molar-refractivity contribution in [2.75, 3.05) is 0 Å². The highest BCUT2D eigenvalue weighted by molar-refractivity contribution is 5.94. The molecule has 0 atom stereocenters. The van der Waals surface area contributed by atoms with Gasteiger partial charge >= 0.3 is 0 Å². The maximum absolute atomic E-state index is 13.2. The van der Waals surface area contributed by atoms with Crippen LogP contribution in [-0.4, -0.2) is 22.0 Å². The summed E-state index contributed by atoms with van der Waals surface area (Å²) < 4.78 is 10.9. The number of fused-ring (bicyclic) bond motifs is 1. The highest BCUT2D eigenvalue weighted by Gasteiger charge is 2.33. The molecule has 0 N–H and O–H groups in total. The first kappa shape index (κ1) is 14.5. The van der Waals surface area contributed by atoms with Gasteiger partial charge in [-0.05, 0) is 44.2 Å². The van der Waals surface area contributed by atoms with Gasteiger partial charge in [-0.25, -0.2) is 0 Å². The van der Waals surface area contributed by atoms with Crippen molar-refractivity contribution < 1.29 is 13.7 Å². The van der Waals surface area contributed by atoms with E-state index in [0.717, 1.165) is 55.6 Å². The van der Waals surface area contributed by atoms with Crippen LogP contribution in [0.3, 0.4) is 0 Å². The number of aromatic nitrogens is 1. The molecule has 0 bridgehead atoms.